The van der Waals surface area contributed by atoms with Gasteiger partial charge in [-0.1, -0.05) is 17.7 Å². The van der Waals surface area contributed by atoms with E-state index in [1.54, 1.807) is 13.0 Å². The molecule has 0 bridgehead atoms. The number of alkyl halides is 7. The average molecular weight is 328 g/mol. The molecule has 0 saturated carbocycles. The second-order valence-corrected chi connectivity index (χ2v) is 5.01. The fraction of sp³-hybridized carbons (Fsp3) is 0.308. The van der Waals surface area contributed by atoms with Crippen LogP contribution < -0.4 is 0 Å². The Balaban J connectivity index is 2.57. The maximum atomic E-state index is 13.7. The van der Waals surface area contributed by atoms with Crippen LogP contribution in [0.4, 0.5) is 26.3 Å². The van der Waals surface area contributed by atoms with Gasteiger partial charge in [0.1, 0.15) is 5.69 Å². The minimum absolute atomic E-state index is 0.00790. The quantitative estimate of drug-likeness (QED) is 0.564. The first-order chi connectivity index (χ1) is 9.47. The number of aryl methyl sites for hydroxylation is 1. The van der Waals surface area contributed by atoms with E-state index in [0.29, 0.717) is 11.5 Å². The first-order valence-corrected chi connectivity index (χ1v) is 6.05. The van der Waals surface area contributed by atoms with Gasteiger partial charge in [0.05, 0.1) is 5.52 Å². The third-order valence-electron chi connectivity index (χ3n) is 2.92. The van der Waals surface area contributed by atoms with E-state index in [1.165, 1.54) is 12.1 Å². The standard InChI is InChI=1S/C13H8ClF6N/c1-7-2-4-9-8(6-7)3-5-10(21-9)11(15,16)12(17,18)13(14,19)20/h2-6H,1H3. The Morgan fingerprint density at radius 3 is 2.14 bits per heavy atom. The summed E-state index contributed by atoms with van der Waals surface area (Å²) in [7, 11) is 0. The SMILES string of the molecule is Cc1ccc2nc(C(F)(F)C(F)(F)C(F)(F)Cl)ccc2c1. The van der Waals surface area contributed by atoms with Gasteiger partial charge in [0, 0.05) is 5.39 Å². The van der Waals surface area contributed by atoms with Crippen LogP contribution in [0, 0.1) is 6.92 Å². The lowest BCUT2D eigenvalue weighted by molar-refractivity contribution is -0.287. The molecule has 114 valence electrons. The second kappa shape index (κ2) is 4.76. The van der Waals surface area contributed by atoms with Crippen molar-refractivity contribution in [3.8, 4) is 0 Å². The topological polar surface area (TPSA) is 12.9 Å². The van der Waals surface area contributed by atoms with E-state index in [0.717, 1.165) is 11.6 Å². The lowest BCUT2D eigenvalue weighted by atomic mass is 10.1. The molecule has 21 heavy (non-hydrogen) atoms. The van der Waals surface area contributed by atoms with E-state index in [9.17, 15) is 26.3 Å². The first-order valence-electron chi connectivity index (χ1n) is 5.67. The number of halogens is 7. The van der Waals surface area contributed by atoms with Gasteiger partial charge in [0.2, 0.25) is 0 Å². The van der Waals surface area contributed by atoms with Gasteiger partial charge in [-0.3, -0.25) is 0 Å². The van der Waals surface area contributed by atoms with Crippen molar-refractivity contribution in [3.63, 3.8) is 0 Å². The van der Waals surface area contributed by atoms with Crippen molar-refractivity contribution in [2.45, 2.75) is 24.2 Å². The Morgan fingerprint density at radius 1 is 0.952 bits per heavy atom. The zero-order valence-electron chi connectivity index (χ0n) is 10.5. The van der Waals surface area contributed by atoms with Gasteiger partial charge < -0.3 is 0 Å². The number of rotatable bonds is 3. The van der Waals surface area contributed by atoms with Crippen LogP contribution in [0.2, 0.25) is 0 Å². The Kier molecular flexibility index (Phi) is 3.60. The highest BCUT2D eigenvalue weighted by Crippen LogP contribution is 2.52. The smallest absolute Gasteiger partial charge is 0.246 e. The minimum Gasteiger partial charge on any atom is -0.246 e. The van der Waals surface area contributed by atoms with E-state index in [2.05, 4.69) is 16.6 Å². The summed E-state index contributed by atoms with van der Waals surface area (Å²) >= 11 is 4.11. The van der Waals surface area contributed by atoms with Gasteiger partial charge in [-0.2, -0.15) is 26.3 Å². The molecule has 1 heterocycles. The summed E-state index contributed by atoms with van der Waals surface area (Å²) < 4.78 is 78.8. The summed E-state index contributed by atoms with van der Waals surface area (Å²) in [4.78, 5) is 3.35. The summed E-state index contributed by atoms with van der Waals surface area (Å²) in [6.45, 7) is 1.74. The molecule has 0 saturated heterocycles. The average Bonchev–Trinajstić information content (AvgIpc) is 2.36. The lowest BCUT2D eigenvalue weighted by Crippen LogP contribution is -2.49. The molecule has 0 atom stereocenters. The van der Waals surface area contributed by atoms with Gasteiger partial charge in [0.15, 0.2) is 0 Å². The van der Waals surface area contributed by atoms with Crippen LogP contribution in [0.3, 0.4) is 0 Å². The summed E-state index contributed by atoms with van der Waals surface area (Å²) in [5, 5.41) is -4.98. The number of aromatic nitrogens is 1. The van der Waals surface area contributed by atoms with Crippen LogP contribution >= 0.6 is 11.6 Å². The molecular weight excluding hydrogens is 320 g/mol. The highest BCUT2D eigenvalue weighted by Gasteiger charge is 2.72. The molecule has 1 aromatic heterocycles. The van der Waals surface area contributed by atoms with E-state index in [1.807, 2.05) is 0 Å². The van der Waals surface area contributed by atoms with Crippen LogP contribution in [0.1, 0.15) is 11.3 Å². The van der Waals surface area contributed by atoms with Gasteiger partial charge in [-0.15, -0.1) is 0 Å². The third-order valence-corrected chi connectivity index (χ3v) is 3.15. The molecule has 0 aliphatic carbocycles. The second-order valence-electron chi connectivity index (χ2n) is 4.54. The molecule has 0 N–H and O–H groups in total. The molecule has 0 aliphatic rings. The van der Waals surface area contributed by atoms with Gasteiger partial charge >= 0.3 is 17.2 Å². The molecule has 0 spiro atoms. The fourth-order valence-electron chi connectivity index (χ4n) is 1.76. The molecule has 0 radical (unpaired) electrons. The predicted molar refractivity (Wildman–Crippen MR) is 66.1 cm³/mol. The van der Waals surface area contributed by atoms with Crippen molar-refractivity contribution in [2.24, 2.45) is 0 Å². The summed E-state index contributed by atoms with van der Waals surface area (Å²) in [5.74, 6) is -11.0. The van der Waals surface area contributed by atoms with Crippen LogP contribution in [0.5, 0.6) is 0 Å². The number of fused-ring (bicyclic) bond motifs is 1. The third kappa shape index (κ3) is 2.54. The first kappa shape index (κ1) is 15.9. The maximum Gasteiger partial charge on any atom is 0.392 e. The van der Waals surface area contributed by atoms with Crippen molar-refractivity contribution in [2.75, 3.05) is 0 Å². The monoisotopic (exact) mass is 327 g/mol. The number of pyridine rings is 1. The largest absolute Gasteiger partial charge is 0.392 e. The Morgan fingerprint density at radius 2 is 1.57 bits per heavy atom. The predicted octanol–water partition coefficient (Wildman–Crippen LogP) is 5.10. The van der Waals surface area contributed by atoms with Crippen molar-refractivity contribution in [1.29, 1.82) is 0 Å². The molecule has 1 aromatic carbocycles. The zero-order valence-corrected chi connectivity index (χ0v) is 11.2. The molecule has 2 rings (SSSR count). The maximum absolute atomic E-state index is 13.7. The molecule has 0 aliphatic heterocycles. The Bertz CT molecular complexity index is 680. The highest BCUT2D eigenvalue weighted by molar-refractivity contribution is 6.22. The minimum atomic E-state index is -5.77. The Hall–Kier alpha value is -1.50. The highest BCUT2D eigenvalue weighted by atomic mass is 35.5. The number of benzene rings is 1. The molecule has 0 amide bonds. The fourth-order valence-corrected chi connectivity index (χ4v) is 1.88. The van der Waals surface area contributed by atoms with Crippen molar-refractivity contribution >= 4 is 22.5 Å². The van der Waals surface area contributed by atoms with Crippen LogP contribution in [-0.2, 0) is 5.92 Å². The van der Waals surface area contributed by atoms with Crippen LogP contribution in [0.25, 0.3) is 10.9 Å². The summed E-state index contributed by atoms with van der Waals surface area (Å²) in [6.07, 6.45) is 0. The van der Waals surface area contributed by atoms with E-state index < -0.39 is 22.9 Å². The van der Waals surface area contributed by atoms with E-state index >= 15 is 0 Å². The molecule has 2 aromatic rings. The normalized spacial score (nSPS) is 13.7. The Labute approximate surface area is 120 Å². The van der Waals surface area contributed by atoms with Crippen LogP contribution in [0.15, 0.2) is 30.3 Å². The summed E-state index contributed by atoms with van der Waals surface area (Å²) in [6, 6.07) is 6.16. The number of nitrogens with zero attached hydrogens (tertiary/aromatic N) is 1. The lowest BCUT2D eigenvalue weighted by Gasteiger charge is -2.28. The molecule has 1 nitrogen and oxygen atoms in total. The molecule has 8 heteroatoms. The van der Waals surface area contributed by atoms with Gasteiger partial charge in [-0.25, -0.2) is 4.98 Å². The molecule has 0 fully saturated rings. The van der Waals surface area contributed by atoms with Gasteiger partial charge in [-0.05, 0) is 36.7 Å². The van der Waals surface area contributed by atoms with E-state index in [-0.39, 0.29) is 5.52 Å². The summed E-state index contributed by atoms with van der Waals surface area (Å²) in [5.41, 5.74) is -0.669. The van der Waals surface area contributed by atoms with Crippen molar-refractivity contribution in [3.05, 3.63) is 41.6 Å². The number of hydrogen-bond acceptors (Lipinski definition) is 1. The van der Waals surface area contributed by atoms with E-state index in [4.69, 9.17) is 0 Å². The van der Waals surface area contributed by atoms with Crippen molar-refractivity contribution in [1.82, 2.24) is 4.98 Å². The molecule has 0 unspecified atom stereocenters. The van der Waals surface area contributed by atoms with Crippen LogP contribution in [-0.4, -0.2) is 16.3 Å². The van der Waals surface area contributed by atoms with Gasteiger partial charge in [0.25, 0.3) is 0 Å². The van der Waals surface area contributed by atoms with Crippen molar-refractivity contribution < 1.29 is 26.3 Å². The zero-order chi connectivity index (χ0) is 16.1. The number of hydrogen-bond donors (Lipinski definition) is 0. The molecular formula is C13H8ClF6N.